The summed E-state index contributed by atoms with van der Waals surface area (Å²) in [6.07, 6.45) is 3.16. The Morgan fingerprint density at radius 1 is 1.41 bits per heavy atom. The van der Waals surface area contributed by atoms with Gasteiger partial charge in [0.25, 0.3) is 0 Å². The molecule has 0 saturated heterocycles. The largest absolute Gasteiger partial charge is 0.385 e. The maximum absolute atomic E-state index is 9.87. The smallest absolute Gasteiger partial charge is 0.138 e. The van der Waals surface area contributed by atoms with Crippen molar-refractivity contribution in [3.8, 4) is 11.3 Å². The molecule has 3 nitrogen and oxygen atoms in total. The van der Waals surface area contributed by atoms with Gasteiger partial charge in [-0.2, -0.15) is 0 Å². The summed E-state index contributed by atoms with van der Waals surface area (Å²) in [5.74, 6) is 0.770. The fraction of sp³-hybridized carbons (Fsp3) is 0.308. The molecular formula is C13H13ClN2O. The SMILES string of the molecule is OC1CCCn2c(-c3cccc(Cl)c3)cnc21. The molecule has 0 amide bonds. The minimum absolute atomic E-state index is 0.434. The van der Waals surface area contributed by atoms with E-state index in [4.69, 9.17) is 11.6 Å². The first-order valence-corrected chi connectivity index (χ1v) is 6.13. The van der Waals surface area contributed by atoms with E-state index < -0.39 is 6.10 Å². The molecule has 3 rings (SSSR count). The predicted molar refractivity (Wildman–Crippen MR) is 66.9 cm³/mol. The Labute approximate surface area is 105 Å². The zero-order chi connectivity index (χ0) is 11.8. The van der Waals surface area contributed by atoms with E-state index in [0.29, 0.717) is 0 Å². The van der Waals surface area contributed by atoms with Crippen LogP contribution in [0.15, 0.2) is 30.5 Å². The van der Waals surface area contributed by atoms with Crippen LogP contribution >= 0.6 is 11.6 Å². The summed E-state index contributed by atoms with van der Waals surface area (Å²) in [5.41, 5.74) is 2.08. The van der Waals surface area contributed by atoms with Crippen molar-refractivity contribution in [3.05, 3.63) is 41.3 Å². The topological polar surface area (TPSA) is 38.0 Å². The van der Waals surface area contributed by atoms with Crippen LogP contribution in [0.25, 0.3) is 11.3 Å². The molecule has 0 aliphatic carbocycles. The van der Waals surface area contributed by atoms with Gasteiger partial charge < -0.3 is 9.67 Å². The summed E-state index contributed by atoms with van der Waals surface area (Å²) < 4.78 is 2.08. The van der Waals surface area contributed by atoms with E-state index in [9.17, 15) is 5.11 Å². The summed E-state index contributed by atoms with van der Waals surface area (Å²) in [5, 5.41) is 10.6. The van der Waals surface area contributed by atoms with E-state index in [1.807, 2.05) is 30.5 Å². The van der Waals surface area contributed by atoms with Gasteiger partial charge >= 0.3 is 0 Å². The molecule has 1 aliphatic heterocycles. The average molecular weight is 249 g/mol. The maximum atomic E-state index is 9.87. The summed E-state index contributed by atoms with van der Waals surface area (Å²) in [4.78, 5) is 4.31. The molecule has 0 spiro atoms. The van der Waals surface area contributed by atoms with Crippen LogP contribution in [0.1, 0.15) is 24.8 Å². The quantitative estimate of drug-likeness (QED) is 0.842. The molecular weight excluding hydrogens is 236 g/mol. The maximum Gasteiger partial charge on any atom is 0.138 e. The van der Waals surface area contributed by atoms with Crippen LogP contribution in [-0.2, 0) is 6.54 Å². The number of nitrogens with zero attached hydrogens (tertiary/aromatic N) is 2. The van der Waals surface area contributed by atoms with Gasteiger partial charge in [0.05, 0.1) is 11.9 Å². The zero-order valence-electron chi connectivity index (χ0n) is 9.31. The first-order chi connectivity index (χ1) is 8.25. The van der Waals surface area contributed by atoms with Gasteiger partial charge in [0, 0.05) is 17.1 Å². The molecule has 1 aromatic carbocycles. The highest BCUT2D eigenvalue weighted by Crippen LogP contribution is 2.30. The van der Waals surface area contributed by atoms with Crippen molar-refractivity contribution < 1.29 is 5.11 Å². The minimum Gasteiger partial charge on any atom is -0.385 e. The van der Waals surface area contributed by atoms with Crippen LogP contribution in [-0.4, -0.2) is 14.7 Å². The molecule has 0 fully saturated rings. The van der Waals surface area contributed by atoms with Crippen molar-refractivity contribution in [3.63, 3.8) is 0 Å². The van der Waals surface area contributed by atoms with Gasteiger partial charge in [-0.3, -0.25) is 0 Å². The first-order valence-electron chi connectivity index (χ1n) is 5.75. The fourth-order valence-corrected chi connectivity index (χ4v) is 2.53. The number of rotatable bonds is 1. The lowest BCUT2D eigenvalue weighted by molar-refractivity contribution is 0.134. The van der Waals surface area contributed by atoms with Gasteiger partial charge in [-0.15, -0.1) is 0 Å². The Hall–Kier alpha value is -1.32. The van der Waals surface area contributed by atoms with Crippen LogP contribution in [0.5, 0.6) is 0 Å². The standard InChI is InChI=1S/C13H13ClN2O/c14-10-4-1-3-9(7-10)11-8-15-13-12(17)5-2-6-16(11)13/h1,3-4,7-8,12,17H,2,5-6H2. The van der Waals surface area contributed by atoms with E-state index in [-0.39, 0.29) is 0 Å². The molecule has 4 heteroatoms. The highest BCUT2D eigenvalue weighted by atomic mass is 35.5. The van der Waals surface area contributed by atoms with Crippen molar-refractivity contribution in [2.75, 3.05) is 0 Å². The lowest BCUT2D eigenvalue weighted by Gasteiger charge is -2.20. The lowest BCUT2D eigenvalue weighted by atomic mass is 10.1. The number of hydrogen-bond acceptors (Lipinski definition) is 2. The third kappa shape index (κ3) is 1.85. The zero-order valence-corrected chi connectivity index (χ0v) is 10.1. The van der Waals surface area contributed by atoms with Crippen LogP contribution in [0, 0.1) is 0 Å². The summed E-state index contributed by atoms with van der Waals surface area (Å²) >= 11 is 5.99. The number of aromatic nitrogens is 2. The molecule has 1 aromatic heterocycles. The van der Waals surface area contributed by atoms with Crippen LogP contribution in [0.2, 0.25) is 5.02 Å². The molecule has 0 radical (unpaired) electrons. The van der Waals surface area contributed by atoms with Gasteiger partial charge in [0.1, 0.15) is 11.9 Å². The molecule has 0 bridgehead atoms. The number of imidazole rings is 1. The van der Waals surface area contributed by atoms with E-state index in [0.717, 1.165) is 41.5 Å². The Kier molecular flexibility index (Phi) is 2.65. The van der Waals surface area contributed by atoms with Gasteiger partial charge in [-0.25, -0.2) is 4.98 Å². The summed E-state index contributed by atoms with van der Waals surface area (Å²) in [7, 11) is 0. The van der Waals surface area contributed by atoms with Gasteiger partial charge in [0.15, 0.2) is 0 Å². The summed E-state index contributed by atoms with van der Waals surface area (Å²) in [6, 6.07) is 7.72. The van der Waals surface area contributed by atoms with Gasteiger partial charge in [-0.05, 0) is 25.0 Å². The number of fused-ring (bicyclic) bond motifs is 1. The molecule has 2 heterocycles. The molecule has 1 N–H and O–H groups in total. The normalized spacial score (nSPS) is 19.1. The molecule has 1 aliphatic rings. The molecule has 88 valence electrons. The second-order valence-electron chi connectivity index (χ2n) is 4.32. The van der Waals surface area contributed by atoms with Crippen molar-refractivity contribution in [2.24, 2.45) is 0 Å². The van der Waals surface area contributed by atoms with Crippen molar-refractivity contribution in [1.29, 1.82) is 0 Å². The molecule has 0 saturated carbocycles. The van der Waals surface area contributed by atoms with Crippen LogP contribution in [0.3, 0.4) is 0 Å². The number of aliphatic hydroxyl groups excluding tert-OH is 1. The highest BCUT2D eigenvalue weighted by Gasteiger charge is 2.22. The van der Waals surface area contributed by atoms with Crippen LogP contribution < -0.4 is 0 Å². The van der Waals surface area contributed by atoms with E-state index >= 15 is 0 Å². The van der Waals surface area contributed by atoms with Gasteiger partial charge in [-0.1, -0.05) is 23.7 Å². The Morgan fingerprint density at radius 2 is 2.29 bits per heavy atom. The van der Waals surface area contributed by atoms with Gasteiger partial charge in [0.2, 0.25) is 0 Å². The first kappa shape index (κ1) is 10.8. The third-order valence-electron chi connectivity index (χ3n) is 3.16. The molecule has 1 unspecified atom stereocenters. The number of benzene rings is 1. The predicted octanol–water partition coefficient (Wildman–Crippen LogP) is 3.03. The minimum atomic E-state index is -0.434. The van der Waals surface area contributed by atoms with Crippen molar-refractivity contribution in [2.45, 2.75) is 25.5 Å². The number of halogens is 1. The van der Waals surface area contributed by atoms with E-state index in [1.165, 1.54) is 0 Å². The lowest BCUT2D eigenvalue weighted by Crippen LogP contribution is -2.16. The summed E-state index contributed by atoms with van der Waals surface area (Å²) in [6.45, 7) is 0.911. The number of aliphatic hydroxyl groups is 1. The molecule has 17 heavy (non-hydrogen) atoms. The Balaban J connectivity index is 2.10. The third-order valence-corrected chi connectivity index (χ3v) is 3.40. The van der Waals surface area contributed by atoms with Crippen molar-refractivity contribution in [1.82, 2.24) is 9.55 Å². The average Bonchev–Trinajstić information content (AvgIpc) is 2.74. The molecule has 2 aromatic rings. The second kappa shape index (κ2) is 4.17. The van der Waals surface area contributed by atoms with Crippen molar-refractivity contribution >= 4 is 11.6 Å². The second-order valence-corrected chi connectivity index (χ2v) is 4.76. The Bertz CT molecular complexity index is 550. The number of hydrogen-bond donors (Lipinski definition) is 1. The van der Waals surface area contributed by atoms with E-state index in [1.54, 1.807) is 0 Å². The molecule has 1 atom stereocenters. The highest BCUT2D eigenvalue weighted by molar-refractivity contribution is 6.30. The van der Waals surface area contributed by atoms with E-state index in [2.05, 4.69) is 9.55 Å². The monoisotopic (exact) mass is 248 g/mol. The van der Waals surface area contributed by atoms with Crippen LogP contribution in [0.4, 0.5) is 0 Å². The Morgan fingerprint density at radius 3 is 3.12 bits per heavy atom. The fourth-order valence-electron chi connectivity index (χ4n) is 2.34.